The van der Waals surface area contributed by atoms with Crippen molar-refractivity contribution >= 4 is 29.0 Å². The van der Waals surface area contributed by atoms with Crippen molar-refractivity contribution in [1.29, 1.82) is 5.26 Å². The second kappa shape index (κ2) is 14.6. The maximum Gasteiger partial charge on any atom is 0.435 e. The number of halogens is 3. The van der Waals surface area contributed by atoms with Crippen molar-refractivity contribution in [2.24, 2.45) is 5.92 Å². The zero-order valence-corrected chi connectivity index (χ0v) is 28.5. The van der Waals surface area contributed by atoms with Crippen molar-refractivity contribution in [1.82, 2.24) is 19.8 Å². The quantitative estimate of drug-likeness (QED) is 0.113. The van der Waals surface area contributed by atoms with Crippen molar-refractivity contribution in [3.05, 3.63) is 113 Å². The van der Waals surface area contributed by atoms with Gasteiger partial charge < -0.3 is 20.3 Å². The van der Waals surface area contributed by atoms with Crippen LogP contribution >= 0.6 is 0 Å². The molecule has 262 valence electrons. The summed E-state index contributed by atoms with van der Waals surface area (Å²) < 4.78 is 59.0. The van der Waals surface area contributed by atoms with Gasteiger partial charge in [-0.1, -0.05) is 49.2 Å². The summed E-state index contributed by atoms with van der Waals surface area (Å²) in [5.41, 5.74) is -0.132. The number of rotatable bonds is 12. The first-order chi connectivity index (χ1) is 23.6. The number of hydrogen-bond donors (Lipinski definition) is 4. The third-order valence-corrected chi connectivity index (χ3v) is 10.0. The lowest BCUT2D eigenvalue weighted by Gasteiger charge is -2.39. The highest BCUT2D eigenvalue weighted by molar-refractivity contribution is 7.90. The number of carboxylic acid groups (broad SMARTS) is 1. The van der Waals surface area contributed by atoms with Gasteiger partial charge in [0.25, 0.3) is 5.91 Å². The van der Waals surface area contributed by atoms with Crippen LogP contribution in [0.4, 0.5) is 23.7 Å². The average Bonchev–Trinajstić information content (AvgIpc) is 3.79. The molecule has 0 aliphatic heterocycles. The third kappa shape index (κ3) is 8.65. The highest BCUT2D eigenvalue weighted by atomic mass is 32.2. The molecule has 0 unspecified atom stereocenters. The minimum absolute atomic E-state index is 0.112. The number of nitrogens with zero attached hydrogens (tertiary/aromatic N) is 3. The Balaban J connectivity index is 1.56. The Morgan fingerprint density at radius 1 is 1.02 bits per heavy atom. The second-order valence-electron chi connectivity index (χ2n) is 13.3. The second-order valence-corrected chi connectivity index (χ2v) is 15.2. The predicted octanol–water partition coefficient (Wildman–Crippen LogP) is 7.27. The van der Waals surface area contributed by atoms with Crippen LogP contribution in [0.2, 0.25) is 0 Å². The molecule has 1 aromatic heterocycles. The van der Waals surface area contributed by atoms with Crippen molar-refractivity contribution < 1.29 is 32.4 Å². The van der Waals surface area contributed by atoms with Gasteiger partial charge in [0.2, 0.25) is 0 Å². The van der Waals surface area contributed by atoms with E-state index < -0.39 is 51.2 Å². The van der Waals surface area contributed by atoms with E-state index in [0.29, 0.717) is 40.7 Å². The number of hydrogen-bond acceptors (Lipinski definition) is 6. The molecule has 1 saturated carbocycles. The highest BCUT2D eigenvalue weighted by Crippen LogP contribution is 2.43. The maximum absolute atomic E-state index is 13.9. The molecule has 1 aliphatic rings. The third-order valence-electron chi connectivity index (χ3n) is 8.38. The molecule has 1 aliphatic carbocycles. The van der Waals surface area contributed by atoms with Gasteiger partial charge in [-0.3, -0.25) is 4.79 Å². The molecule has 14 heteroatoms. The van der Waals surface area contributed by atoms with Crippen molar-refractivity contribution in [2.45, 2.75) is 69.5 Å². The van der Waals surface area contributed by atoms with Crippen LogP contribution < -0.4 is 15.4 Å². The number of carbonyl (C=O) groups excluding carboxylic acids is 1. The van der Waals surface area contributed by atoms with Gasteiger partial charge in [0.05, 0.1) is 17.3 Å². The van der Waals surface area contributed by atoms with Gasteiger partial charge in [0, 0.05) is 29.7 Å². The predicted molar refractivity (Wildman–Crippen MR) is 183 cm³/mol. The van der Waals surface area contributed by atoms with Gasteiger partial charge in [-0.15, -0.1) is 4.72 Å². The molecule has 0 radical (unpaired) electrons. The van der Waals surface area contributed by atoms with E-state index in [-0.39, 0.29) is 17.9 Å². The number of amides is 2. The SMILES string of the molecule is CC(C)(C)[S@@+]([O-])N[C@](CCC1CC1)(c1cccc(C#N)c1)c1cccc(NC(=O)c2cc(C(F)(F)F)nn2-c2cccc(CNC(=O)O)c2)c1. The van der Waals surface area contributed by atoms with Crippen LogP contribution in [0.5, 0.6) is 0 Å². The molecule has 50 heavy (non-hydrogen) atoms. The van der Waals surface area contributed by atoms with E-state index in [1.54, 1.807) is 42.5 Å². The van der Waals surface area contributed by atoms with Crippen molar-refractivity contribution in [3.63, 3.8) is 0 Å². The first kappa shape index (κ1) is 36.4. The van der Waals surface area contributed by atoms with E-state index in [1.165, 1.54) is 18.2 Å². The van der Waals surface area contributed by atoms with Gasteiger partial charge >= 0.3 is 12.3 Å². The molecule has 10 nitrogen and oxygen atoms in total. The molecule has 2 atom stereocenters. The van der Waals surface area contributed by atoms with Crippen LogP contribution in [0, 0.1) is 17.2 Å². The molecule has 0 bridgehead atoms. The Morgan fingerprint density at radius 2 is 1.70 bits per heavy atom. The number of aromatic nitrogens is 2. The van der Waals surface area contributed by atoms with Gasteiger partial charge in [-0.25, -0.2) is 9.48 Å². The lowest BCUT2D eigenvalue weighted by molar-refractivity contribution is -0.141. The average molecular weight is 707 g/mol. The topological polar surface area (TPSA) is 155 Å². The molecule has 2 amide bonds. The molecule has 3 aromatic carbocycles. The molecule has 4 N–H and O–H groups in total. The number of carbonyl (C=O) groups is 2. The van der Waals surface area contributed by atoms with Crippen LogP contribution in [-0.2, 0) is 29.6 Å². The van der Waals surface area contributed by atoms with Crippen LogP contribution in [0.1, 0.15) is 84.9 Å². The minimum Gasteiger partial charge on any atom is -0.598 e. The monoisotopic (exact) mass is 706 g/mol. The Labute approximate surface area is 291 Å². The number of nitrogens with one attached hydrogen (secondary N) is 3. The lowest BCUT2D eigenvalue weighted by atomic mass is 9.79. The molecular weight excluding hydrogens is 669 g/mol. The molecule has 4 aromatic rings. The Bertz CT molecular complexity index is 1910. The summed E-state index contributed by atoms with van der Waals surface area (Å²) in [4.78, 5) is 24.7. The smallest absolute Gasteiger partial charge is 0.435 e. The van der Waals surface area contributed by atoms with E-state index in [0.717, 1.165) is 23.9 Å². The standard InChI is InChI=1S/C36H37F3N6O4S/c1-34(2,3)50(49)44-35(16-15-23-13-14-23,26-9-4-7-24(17-26)21-40)27-10-6-11-28(19-27)42-32(46)30-20-31(36(37,38)39)43-45(30)29-12-5-8-25(18-29)22-41-33(47)48/h4-12,17-20,23,41,44H,13-16,22H2,1-3H3,(H,42,46)(H,47,48)/t35-,50-/m1/s1. The fourth-order valence-corrected chi connectivity index (χ4v) is 6.49. The van der Waals surface area contributed by atoms with Gasteiger partial charge in [-0.2, -0.15) is 23.5 Å². The Hall–Kier alpha value is -4.84. The highest BCUT2D eigenvalue weighted by Gasteiger charge is 2.43. The van der Waals surface area contributed by atoms with E-state index >= 15 is 0 Å². The molecule has 1 fully saturated rings. The van der Waals surface area contributed by atoms with E-state index in [1.807, 2.05) is 32.9 Å². The molecule has 5 rings (SSSR count). The molecular formula is C36H37F3N6O4S. The Kier molecular flexibility index (Phi) is 10.6. The lowest BCUT2D eigenvalue weighted by Crippen LogP contribution is -2.52. The zero-order chi connectivity index (χ0) is 36.3. The molecule has 0 spiro atoms. The van der Waals surface area contributed by atoms with Crippen molar-refractivity contribution in [3.8, 4) is 11.8 Å². The van der Waals surface area contributed by atoms with Crippen LogP contribution in [0.25, 0.3) is 5.69 Å². The van der Waals surface area contributed by atoms with Crippen LogP contribution in [-0.4, -0.2) is 36.2 Å². The van der Waals surface area contributed by atoms with E-state index in [9.17, 15) is 32.6 Å². The summed E-state index contributed by atoms with van der Waals surface area (Å²) >= 11 is -1.57. The number of benzene rings is 3. The first-order valence-corrected chi connectivity index (χ1v) is 17.1. The largest absolute Gasteiger partial charge is 0.598 e. The minimum atomic E-state index is -4.85. The fourth-order valence-electron chi connectivity index (χ4n) is 5.53. The maximum atomic E-state index is 13.9. The van der Waals surface area contributed by atoms with Crippen LogP contribution in [0.3, 0.4) is 0 Å². The summed E-state index contributed by atoms with van der Waals surface area (Å²) in [5.74, 6) is -0.372. The first-order valence-electron chi connectivity index (χ1n) is 15.9. The zero-order valence-electron chi connectivity index (χ0n) is 27.7. The van der Waals surface area contributed by atoms with E-state index in [4.69, 9.17) is 5.11 Å². The number of anilines is 1. The fraction of sp³-hybridized carbons (Fsp3) is 0.333. The number of nitriles is 1. The van der Waals surface area contributed by atoms with Gasteiger partial charge in [0.1, 0.15) is 16.0 Å². The van der Waals surface area contributed by atoms with E-state index in [2.05, 4.69) is 26.5 Å². The van der Waals surface area contributed by atoms with Crippen molar-refractivity contribution in [2.75, 3.05) is 5.32 Å². The molecule has 1 heterocycles. The Morgan fingerprint density at radius 3 is 2.34 bits per heavy atom. The van der Waals surface area contributed by atoms with Crippen LogP contribution in [0.15, 0.2) is 78.9 Å². The summed E-state index contributed by atoms with van der Waals surface area (Å²) in [6.07, 6.45) is -2.62. The van der Waals surface area contributed by atoms with Gasteiger partial charge in [0.15, 0.2) is 5.69 Å². The summed E-state index contributed by atoms with van der Waals surface area (Å²) in [7, 11) is 0. The van der Waals surface area contributed by atoms with Gasteiger partial charge in [-0.05, 0) is 92.6 Å². The number of alkyl halides is 3. The molecule has 0 saturated heterocycles. The summed E-state index contributed by atoms with van der Waals surface area (Å²) in [5, 5.41) is 27.3. The summed E-state index contributed by atoms with van der Waals surface area (Å²) in [6.45, 7) is 5.43. The summed E-state index contributed by atoms with van der Waals surface area (Å²) in [6, 6.07) is 22.7. The normalized spacial score (nSPS) is 15.1.